The third-order valence-electron chi connectivity index (χ3n) is 0.414. The Kier molecular flexibility index (Phi) is 2.85. The van der Waals surface area contributed by atoms with E-state index in [1.807, 2.05) is 0 Å². The maximum Gasteiger partial charge on any atom is 0.197 e. The summed E-state index contributed by atoms with van der Waals surface area (Å²) in [7, 11) is 1.52. The SMILES string of the molecule is COC(C)=NCl. The zero-order valence-electron chi connectivity index (χ0n) is 3.73. The van der Waals surface area contributed by atoms with E-state index in [2.05, 4.69) is 9.25 Å². The van der Waals surface area contributed by atoms with Crippen molar-refractivity contribution >= 4 is 17.7 Å². The molecule has 0 saturated carbocycles. The Morgan fingerprint density at radius 3 is 2.33 bits per heavy atom. The molecule has 0 fully saturated rings. The van der Waals surface area contributed by atoms with E-state index in [1.54, 1.807) is 6.92 Å². The summed E-state index contributed by atoms with van der Waals surface area (Å²) in [6.45, 7) is 1.67. The largest absolute Gasteiger partial charge is 0.484 e. The molecule has 3 heteroatoms. The van der Waals surface area contributed by atoms with Crippen LogP contribution in [-0.4, -0.2) is 13.0 Å². The molecule has 0 amide bonds. The van der Waals surface area contributed by atoms with Gasteiger partial charge in [-0.25, -0.2) is 0 Å². The van der Waals surface area contributed by atoms with E-state index >= 15 is 0 Å². The van der Waals surface area contributed by atoms with Crippen LogP contribution in [0.3, 0.4) is 0 Å². The molecular formula is C3H6ClNO. The Morgan fingerprint density at radius 2 is 2.33 bits per heavy atom. The number of rotatable bonds is 0. The van der Waals surface area contributed by atoms with Crippen molar-refractivity contribution in [2.75, 3.05) is 7.11 Å². The molecule has 0 aromatic carbocycles. The maximum atomic E-state index is 4.92. The minimum absolute atomic E-state index is 0.483. The molecule has 0 saturated heterocycles. The monoisotopic (exact) mass is 107 g/mol. The molecule has 0 spiro atoms. The average molecular weight is 108 g/mol. The highest BCUT2D eigenvalue weighted by Gasteiger charge is 1.76. The van der Waals surface area contributed by atoms with Crippen LogP contribution in [0.25, 0.3) is 0 Å². The average Bonchev–Trinajstić information content (AvgIpc) is 1.65. The van der Waals surface area contributed by atoms with Gasteiger partial charge in [-0.15, -0.1) is 4.51 Å². The molecule has 36 valence electrons. The van der Waals surface area contributed by atoms with Crippen LogP contribution in [0, 0.1) is 0 Å². The minimum Gasteiger partial charge on any atom is -0.484 e. The zero-order valence-corrected chi connectivity index (χ0v) is 4.49. The second-order valence-electron chi connectivity index (χ2n) is 0.808. The summed E-state index contributed by atoms with van der Waals surface area (Å²) in [5, 5.41) is 0. The van der Waals surface area contributed by atoms with Gasteiger partial charge in [0.25, 0.3) is 0 Å². The first kappa shape index (κ1) is 5.76. The number of ether oxygens (including phenoxy) is 1. The summed E-state index contributed by atoms with van der Waals surface area (Å²) < 4.78 is 7.69. The smallest absolute Gasteiger partial charge is 0.197 e. The lowest BCUT2D eigenvalue weighted by atomic mass is 10.8. The summed E-state index contributed by atoms with van der Waals surface area (Å²) in [6.07, 6.45) is 0. The van der Waals surface area contributed by atoms with E-state index in [1.165, 1.54) is 7.11 Å². The van der Waals surface area contributed by atoms with Crippen molar-refractivity contribution in [2.24, 2.45) is 4.51 Å². The van der Waals surface area contributed by atoms with E-state index in [-0.39, 0.29) is 0 Å². The van der Waals surface area contributed by atoms with Gasteiger partial charge < -0.3 is 4.74 Å². The number of nitrogens with zero attached hydrogens (tertiary/aromatic N) is 1. The summed E-state index contributed by atoms with van der Waals surface area (Å²) in [6, 6.07) is 0. The molecule has 0 aromatic rings. The Balaban J connectivity index is 3.22. The lowest BCUT2D eigenvalue weighted by Crippen LogP contribution is -1.89. The van der Waals surface area contributed by atoms with E-state index in [4.69, 9.17) is 11.8 Å². The first-order chi connectivity index (χ1) is 2.81. The number of methoxy groups -OCH3 is 1. The summed E-state index contributed by atoms with van der Waals surface area (Å²) in [5.74, 6) is 0.483. The number of halogens is 1. The Morgan fingerprint density at radius 1 is 1.83 bits per heavy atom. The molecule has 0 aromatic heterocycles. The Labute approximate surface area is 41.9 Å². The molecule has 6 heavy (non-hydrogen) atoms. The predicted octanol–water partition coefficient (Wildman–Crippen LogP) is 1.20. The van der Waals surface area contributed by atoms with Gasteiger partial charge in [0.2, 0.25) is 0 Å². The van der Waals surface area contributed by atoms with Gasteiger partial charge in [0, 0.05) is 18.7 Å². The fraction of sp³-hybridized carbons (Fsp3) is 0.667. The first-order valence-corrected chi connectivity index (χ1v) is 1.84. The van der Waals surface area contributed by atoms with Gasteiger partial charge in [-0.1, -0.05) is 0 Å². The van der Waals surface area contributed by atoms with Gasteiger partial charge in [-0.3, -0.25) is 0 Å². The molecule has 0 aliphatic carbocycles. The first-order valence-electron chi connectivity index (χ1n) is 1.51. The maximum absolute atomic E-state index is 4.92. The summed E-state index contributed by atoms with van der Waals surface area (Å²) in [4.78, 5) is 0. The molecule has 0 aliphatic rings. The highest BCUT2D eigenvalue weighted by Crippen LogP contribution is 1.79. The van der Waals surface area contributed by atoms with Crippen LogP contribution in [-0.2, 0) is 4.74 Å². The lowest BCUT2D eigenvalue weighted by molar-refractivity contribution is 0.401. The number of hydrogen-bond donors (Lipinski definition) is 0. The molecule has 0 aliphatic heterocycles. The second-order valence-corrected chi connectivity index (χ2v) is 0.977. The van der Waals surface area contributed by atoms with Crippen LogP contribution in [0.4, 0.5) is 0 Å². The summed E-state index contributed by atoms with van der Waals surface area (Å²) >= 11 is 4.92. The summed E-state index contributed by atoms with van der Waals surface area (Å²) in [5.41, 5.74) is 0. The van der Waals surface area contributed by atoms with E-state index in [9.17, 15) is 0 Å². The fourth-order valence-corrected chi connectivity index (χ4v) is 0.104. The van der Waals surface area contributed by atoms with Crippen molar-refractivity contribution in [3.05, 3.63) is 0 Å². The third-order valence-corrected chi connectivity index (χ3v) is 0.652. The molecule has 0 bridgehead atoms. The molecule has 0 rings (SSSR count). The second kappa shape index (κ2) is 2.97. The fourth-order valence-electron chi connectivity index (χ4n) is 0.0345. The Hall–Kier alpha value is -0.240. The van der Waals surface area contributed by atoms with E-state index in [0.717, 1.165) is 0 Å². The molecule has 0 unspecified atom stereocenters. The molecule has 0 N–H and O–H groups in total. The van der Waals surface area contributed by atoms with Gasteiger partial charge in [0.15, 0.2) is 5.90 Å². The normalized spacial score (nSPS) is 11.5. The lowest BCUT2D eigenvalue weighted by Gasteiger charge is -1.88. The molecule has 0 heterocycles. The predicted molar refractivity (Wildman–Crippen MR) is 26.0 cm³/mol. The van der Waals surface area contributed by atoms with Gasteiger partial charge >= 0.3 is 0 Å². The van der Waals surface area contributed by atoms with Crippen LogP contribution >= 0.6 is 11.8 Å². The Bertz CT molecular complexity index is 61.8. The molecule has 0 radical (unpaired) electrons. The van der Waals surface area contributed by atoms with Crippen LogP contribution < -0.4 is 0 Å². The van der Waals surface area contributed by atoms with Crippen molar-refractivity contribution in [3.63, 3.8) is 0 Å². The topological polar surface area (TPSA) is 21.6 Å². The van der Waals surface area contributed by atoms with Gasteiger partial charge in [0.05, 0.1) is 7.11 Å². The van der Waals surface area contributed by atoms with Crippen molar-refractivity contribution in [3.8, 4) is 0 Å². The van der Waals surface area contributed by atoms with Crippen molar-refractivity contribution in [1.82, 2.24) is 0 Å². The zero-order chi connectivity index (χ0) is 4.99. The van der Waals surface area contributed by atoms with E-state index < -0.39 is 0 Å². The van der Waals surface area contributed by atoms with Crippen molar-refractivity contribution < 1.29 is 4.74 Å². The quantitative estimate of drug-likeness (QED) is 0.337. The van der Waals surface area contributed by atoms with Gasteiger partial charge in [0.1, 0.15) is 0 Å². The highest BCUT2D eigenvalue weighted by atomic mass is 35.5. The van der Waals surface area contributed by atoms with Crippen LogP contribution in [0.1, 0.15) is 6.92 Å². The highest BCUT2D eigenvalue weighted by molar-refractivity contribution is 6.18. The molecule has 2 nitrogen and oxygen atoms in total. The minimum atomic E-state index is 0.483. The van der Waals surface area contributed by atoms with Crippen LogP contribution in [0.5, 0.6) is 0 Å². The van der Waals surface area contributed by atoms with Crippen molar-refractivity contribution in [1.29, 1.82) is 0 Å². The molecular weight excluding hydrogens is 101 g/mol. The standard InChI is InChI=1S/C3H6ClNO/c1-3(5-4)6-2/h1-2H3. The van der Waals surface area contributed by atoms with Gasteiger partial charge in [-0.2, -0.15) is 0 Å². The third kappa shape index (κ3) is 2.03. The van der Waals surface area contributed by atoms with E-state index in [0.29, 0.717) is 5.90 Å². The number of hydrogen-bond acceptors (Lipinski definition) is 2. The van der Waals surface area contributed by atoms with Gasteiger partial charge in [-0.05, 0) is 0 Å². The molecule has 0 atom stereocenters. The van der Waals surface area contributed by atoms with Crippen molar-refractivity contribution in [2.45, 2.75) is 6.92 Å². The van der Waals surface area contributed by atoms with Crippen LogP contribution in [0.2, 0.25) is 0 Å². The van der Waals surface area contributed by atoms with Crippen LogP contribution in [0.15, 0.2) is 4.51 Å².